The van der Waals surface area contributed by atoms with Gasteiger partial charge in [0, 0.05) is 31.4 Å². The largest absolute Gasteiger partial charge is 0.494 e. The van der Waals surface area contributed by atoms with Crippen LogP contribution >= 0.6 is 0 Å². The second-order valence-corrected chi connectivity index (χ2v) is 10.2. The maximum absolute atomic E-state index is 14.6. The van der Waals surface area contributed by atoms with Crippen LogP contribution in [-0.2, 0) is 23.3 Å². The van der Waals surface area contributed by atoms with Crippen LogP contribution in [0.15, 0.2) is 77.9 Å². The lowest BCUT2D eigenvalue weighted by molar-refractivity contribution is -0.124. The zero-order chi connectivity index (χ0) is 26.6. The Labute approximate surface area is 223 Å². The Kier molecular flexibility index (Phi) is 5.36. The topological polar surface area (TPSA) is 113 Å². The highest BCUT2D eigenvalue weighted by Gasteiger charge is 2.61. The number of amides is 2. The number of aryl methyl sites for hydroxylation is 1. The normalized spacial score (nSPS) is 21.9. The number of nitrogens with one attached hydrogen (secondary N) is 1. The van der Waals surface area contributed by atoms with Crippen LogP contribution in [0, 0.1) is 0 Å². The molecule has 1 fully saturated rings. The summed E-state index contributed by atoms with van der Waals surface area (Å²) in [6, 6.07) is 17.9. The summed E-state index contributed by atoms with van der Waals surface area (Å²) in [7, 11) is 0. The molecule has 1 saturated heterocycles. The zero-order valence-electron chi connectivity index (χ0n) is 21.1. The molecule has 2 atom stereocenters. The number of hydrogen-bond donors (Lipinski definition) is 1. The number of rotatable bonds is 1. The van der Waals surface area contributed by atoms with E-state index in [9.17, 15) is 14.4 Å². The third-order valence-electron chi connectivity index (χ3n) is 8.02. The van der Waals surface area contributed by atoms with Crippen LogP contribution in [0.2, 0.25) is 0 Å². The summed E-state index contributed by atoms with van der Waals surface area (Å²) in [6.07, 6.45) is 4.51. The average Bonchev–Trinajstić information content (AvgIpc) is 3.64. The summed E-state index contributed by atoms with van der Waals surface area (Å²) in [5.41, 5.74) is 1.68. The molecule has 0 unspecified atom stereocenters. The van der Waals surface area contributed by atoms with Gasteiger partial charge in [-0.3, -0.25) is 19.1 Å². The van der Waals surface area contributed by atoms with Crippen molar-refractivity contribution < 1.29 is 14.3 Å². The minimum atomic E-state index is -1.04. The van der Waals surface area contributed by atoms with E-state index in [2.05, 4.69) is 15.3 Å². The summed E-state index contributed by atoms with van der Waals surface area (Å²) < 4.78 is 7.85. The molecule has 39 heavy (non-hydrogen) atoms. The smallest absolute Gasteiger partial charge is 0.260 e. The number of carbonyl (C=O) groups is 2. The predicted octanol–water partition coefficient (Wildman–Crippen LogP) is 2.82. The number of ether oxygens (including phenoxy) is 1. The summed E-state index contributed by atoms with van der Waals surface area (Å²) in [5.74, 6) is 0.153. The van der Waals surface area contributed by atoms with Gasteiger partial charge >= 0.3 is 0 Å². The average molecular weight is 523 g/mol. The minimum Gasteiger partial charge on any atom is -0.494 e. The number of para-hydroxylation sites is 1. The van der Waals surface area contributed by atoms with Gasteiger partial charge in [-0.2, -0.15) is 0 Å². The Balaban J connectivity index is 1.43. The quantitative estimate of drug-likeness (QED) is 0.411. The lowest BCUT2D eigenvalue weighted by atomic mass is 9.72. The van der Waals surface area contributed by atoms with Crippen molar-refractivity contribution in [3.05, 3.63) is 106 Å². The van der Waals surface area contributed by atoms with E-state index in [1.807, 2.05) is 54.7 Å². The first-order valence-corrected chi connectivity index (χ1v) is 13.1. The van der Waals surface area contributed by atoms with Gasteiger partial charge < -0.3 is 19.5 Å². The van der Waals surface area contributed by atoms with Gasteiger partial charge in [-0.25, -0.2) is 0 Å². The van der Waals surface area contributed by atoms with Crippen LogP contribution in [0.1, 0.15) is 46.1 Å². The molecular formula is C29H26N6O4. The number of H-pyrrole nitrogens is 1. The first kappa shape index (κ1) is 23.4. The molecular weight excluding hydrogens is 496 g/mol. The van der Waals surface area contributed by atoms with Gasteiger partial charge in [0.25, 0.3) is 11.5 Å². The number of likely N-dealkylation sites (tertiary alicyclic amines) is 1. The molecule has 0 saturated carbocycles. The molecule has 1 N–H and O–H groups in total. The van der Waals surface area contributed by atoms with Gasteiger partial charge in [-0.1, -0.05) is 35.5 Å². The molecule has 3 aliphatic heterocycles. The van der Waals surface area contributed by atoms with Crippen LogP contribution in [-0.4, -0.2) is 49.8 Å². The first-order valence-electron chi connectivity index (χ1n) is 13.1. The van der Waals surface area contributed by atoms with Gasteiger partial charge in [-0.05, 0) is 47.9 Å². The van der Waals surface area contributed by atoms with Crippen LogP contribution < -0.4 is 15.2 Å². The van der Waals surface area contributed by atoms with E-state index in [0.717, 1.165) is 23.2 Å². The Morgan fingerprint density at radius 3 is 2.85 bits per heavy atom. The molecule has 7 rings (SSSR count). The number of anilines is 1. The Bertz CT molecular complexity index is 1660. The molecule has 2 aromatic carbocycles. The van der Waals surface area contributed by atoms with Crippen molar-refractivity contribution in [2.75, 3.05) is 18.1 Å². The molecule has 10 heteroatoms. The number of carbonyl (C=O) groups excluding carboxylic acids is 2. The molecule has 1 spiro atoms. The van der Waals surface area contributed by atoms with E-state index in [1.54, 1.807) is 20.5 Å². The predicted molar refractivity (Wildman–Crippen MR) is 141 cm³/mol. The lowest BCUT2D eigenvalue weighted by Gasteiger charge is -2.35. The van der Waals surface area contributed by atoms with E-state index in [1.165, 1.54) is 12.3 Å². The van der Waals surface area contributed by atoms with Crippen molar-refractivity contribution in [3.63, 3.8) is 0 Å². The first-order chi connectivity index (χ1) is 19.1. The Morgan fingerprint density at radius 2 is 1.95 bits per heavy atom. The highest BCUT2D eigenvalue weighted by molar-refractivity contribution is 6.10. The van der Waals surface area contributed by atoms with Crippen LogP contribution in [0.4, 0.5) is 5.69 Å². The second-order valence-electron chi connectivity index (χ2n) is 10.2. The number of hydrogen-bond acceptors (Lipinski definition) is 6. The molecule has 0 aliphatic carbocycles. The summed E-state index contributed by atoms with van der Waals surface area (Å²) in [4.78, 5) is 47.2. The van der Waals surface area contributed by atoms with Crippen molar-refractivity contribution in [2.24, 2.45) is 0 Å². The number of nitrogens with zero attached hydrogens (tertiary/aromatic N) is 5. The van der Waals surface area contributed by atoms with Gasteiger partial charge in [-0.15, -0.1) is 5.10 Å². The fourth-order valence-electron chi connectivity index (χ4n) is 6.34. The SMILES string of the molecule is O=C(c1ccc[nH]c1=O)N1CC[C@@]23C(=O)N(Cc4cn(nn4)CCCOc4cccc(c4)[C@H]12)c1ccccc13. The van der Waals surface area contributed by atoms with Crippen molar-refractivity contribution in [3.8, 4) is 5.75 Å². The van der Waals surface area contributed by atoms with Crippen molar-refractivity contribution >= 4 is 17.5 Å². The molecule has 6 bridgehead atoms. The molecule has 3 aliphatic rings. The van der Waals surface area contributed by atoms with Gasteiger partial charge in [0.05, 0.1) is 25.4 Å². The van der Waals surface area contributed by atoms with Crippen LogP contribution in [0.25, 0.3) is 0 Å². The van der Waals surface area contributed by atoms with E-state index >= 15 is 0 Å². The van der Waals surface area contributed by atoms with Crippen molar-refractivity contribution in [1.82, 2.24) is 24.9 Å². The van der Waals surface area contributed by atoms with Crippen LogP contribution in [0.3, 0.4) is 0 Å². The fraction of sp³-hybridized carbons (Fsp3) is 0.276. The van der Waals surface area contributed by atoms with E-state index in [4.69, 9.17) is 4.74 Å². The molecule has 4 aromatic rings. The standard InChI is InChI=1S/C29H26N6O4/c36-26-22(8-4-12-30-26)27(37)34-14-11-29-23-9-1-2-10-24(23)35(28(29)38)18-20-17-33(32-31-20)13-5-15-39-21-7-3-6-19(16-21)25(29)34/h1-4,6-10,12,16-17,25H,5,11,13-15,18H2,(H,30,36)/t25-,29-/m0/s1. The lowest BCUT2D eigenvalue weighted by Crippen LogP contribution is -2.46. The second kappa shape index (κ2) is 8.93. The maximum atomic E-state index is 14.6. The molecule has 196 valence electrons. The molecule has 2 amide bonds. The highest BCUT2D eigenvalue weighted by Crippen LogP contribution is 2.57. The van der Waals surface area contributed by atoms with Crippen molar-refractivity contribution in [2.45, 2.75) is 37.4 Å². The molecule has 2 aromatic heterocycles. The maximum Gasteiger partial charge on any atom is 0.260 e. The van der Waals surface area contributed by atoms with E-state index < -0.39 is 22.9 Å². The number of benzene rings is 2. The van der Waals surface area contributed by atoms with Gasteiger partial charge in [0.15, 0.2) is 0 Å². The number of fused-ring (bicyclic) bond motifs is 8. The van der Waals surface area contributed by atoms with E-state index in [0.29, 0.717) is 37.6 Å². The van der Waals surface area contributed by atoms with Gasteiger partial charge in [0.1, 0.15) is 22.4 Å². The number of pyridine rings is 1. The van der Waals surface area contributed by atoms with Crippen LogP contribution in [0.5, 0.6) is 5.75 Å². The third kappa shape index (κ3) is 3.58. The number of aromatic nitrogens is 4. The fourth-order valence-corrected chi connectivity index (χ4v) is 6.34. The highest BCUT2D eigenvalue weighted by atomic mass is 16.5. The Morgan fingerprint density at radius 1 is 1.05 bits per heavy atom. The van der Waals surface area contributed by atoms with Crippen molar-refractivity contribution in [1.29, 1.82) is 0 Å². The molecule has 5 heterocycles. The summed E-state index contributed by atoms with van der Waals surface area (Å²) in [5, 5.41) is 8.57. The summed E-state index contributed by atoms with van der Waals surface area (Å²) in [6.45, 7) is 1.70. The zero-order valence-corrected chi connectivity index (χ0v) is 21.1. The Hall–Kier alpha value is -4.73. The molecule has 10 nitrogen and oxygen atoms in total. The van der Waals surface area contributed by atoms with E-state index in [-0.39, 0.29) is 18.0 Å². The minimum absolute atomic E-state index is 0.0463. The third-order valence-corrected chi connectivity index (χ3v) is 8.02. The monoisotopic (exact) mass is 522 g/mol. The molecule has 0 radical (unpaired) electrons. The van der Waals surface area contributed by atoms with Gasteiger partial charge in [0.2, 0.25) is 5.91 Å². The number of aromatic amines is 1. The summed E-state index contributed by atoms with van der Waals surface area (Å²) >= 11 is 0.